The van der Waals surface area contributed by atoms with Crippen LogP contribution in [0.2, 0.25) is 0 Å². The van der Waals surface area contributed by atoms with Crippen LogP contribution in [-0.4, -0.2) is 42.8 Å². The summed E-state index contributed by atoms with van der Waals surface area (Å²) in [7, 11) is 0. The van der Waals surface area contributed by atoms with Gasteiger partial charge in [0.25, 0.3) is 5.91 Å². The number of carbonyl (C=O) groups excluding carboxylic acids is 2. The van der Waals surface area contributed by atoms with Gasteiger partial charge in [-0.05, 0) is 54.3 Å². The Bertz CT molecular complexity index is 809. The third-order valence-electron chi connectivity index (χ3n) is 5.20. The fourth-order valence-corrected chi connectivity index (χ4v) is 3.37. The van der Waals surface area contributed by atoms with Crippen molar-refractivity contribution in [1.29, 1.82) is 0 Å². The van der Waals surface area contributed by atoms with E-state index in [0.29, 0.717) is 13.1 Å². The minimum atomic E-state index is 0.0782. The average Bonchev–Trinajstić information content (AvgIpc) is 2.67. The van der Waals surface area contributed by atoms with Crippen LogP contribution >= 0.6 is 0 Å². The lowest BCUT2D eigenvalue weighted by molar-refractivity contribution is 0.0746. The molecule has 2 aromatic carbocycles. The molecule has 2 aromatic rings. The first-order chi connectivity index (χ1) is 12.8. The van der Waals surface area contributed by atoms with E-state index in [1.807, 2.05) is 41.3 Å². The maximum Gasteiger partial charge on any atom is 0.253 e. The molecule has 1 amide bonds. The second-order valence-corrected chi connectivity index (χ2v) is 8.21. The summed E-state index contributed by atoms with van der Waals surface area (Å²) < 4.78 is 0. The van der Waals surface area contributed by atoms with Crippen molar-refractivity contribution in [3.63, 3.8) is 0 Å². The first-order valence-corrected chi connectivity index (χ1v) is 9.51. The molecular weight excluding hydrogens is 336 g/mol. The van der Waals surface area contributed by atoms with E-state index in [-0.39, 0.29) is 17.1 Å². The van der Waals surface area contributed by atoms with Gasteiger partial charge in [-0.2, -0.15) is 0 Å². The maximum atomic E-state index is 12.8. The molecule has 4 nitrogen and oxygen atoms in total. The number of piperazine rings is 1. The number of ketones is 1. The average molecular weight is 364 g/mol. The zero-order valence-corrected chi connectivity index (χ0v) is 16.7. The number of Topliss-reactive ketones (excluding diaryl/α,β-unsaturated/α-hetero) is 1. The molecule has 0 aromatic heterocycles. The summed E-state index contributed by atoms with van der Waals surface area (Å²) in [5, 5.41) is 0. The van der Waals surface area contributed by atoms with E-state index in [2.05, 4.69) is 37.8 Å². The van der Waals surface area contributed by atoms with E-state index in [4.69, 9.17) is 0 Å². The number of rotatable bonds is 3. The topological polar surface area (TPSA) is 40.6 Å². The third-order valence-corrected chi connectivity index (χ3v) is 5.20. The van der Waals surface area contributed by atoms with Crippen LogP contribution in [0.1, 0.15) is 54.0 Å². The molecule has 1 fully saturated rings. The summed E-state index contributed by atoms with van der Waals surface area (Å²) in [6.07, 6.45) is 0. The molecule has 0 N–H and O–H groups in total. The molecule has 0 unspecified atom stereocenters. The van der Waals surface area contributed by atoms with E-state index >= 15 is 0 Å². The van der Waals surface area contributed by atoms with Gasteiger partial charge >= 0.3 is 0 Å². The van der Waals surface area contributed by atoms with Crippen LogP contribution in [-0.2, 0) is 5.41 Å². The van der Waals surface area contributed by atoms with E-state index in [1.165, 1.54) is 5.56 Å². The van der Waals surface area contributed by atoms with Crippen LogP contribution in [0, 0.1) is 0 Å². The number of amides is 1. The summed E-state index contributed by atoms with van der Waals surface area (Å²) in [4.78, 5) is 28.4. The third kappa shape index (κ3) is 4.38. The van der Waals surface area contributed by atoms with Gasteiger partial charge in [-0.1, -0.05) is 32.9 Å². The van der Waals surface area contributed by atoms with Crippen molar-refractivity contribution in [3.05, 3.63) is 65.2 Å². The van der Waals surface area contributed by atoms with Crippen LogP contribution < -0.4 is 4.90 Å². The van der Waals surface area contributed by atoms with Crippen molar-refractivity contribution in [2.75, 3.05) is 31.1 Å². The number of hydrogen-bond acceptors (Lipinski definition) is 3. The van der Waals surface area contributed by atoms with Crippen molar-refractivity contribution < 1.29 is 9.59 Å². The summed E-state index contributed by atoms with van der Waals surface area (Å²) in [5.41, 5.74) is 3.90. The normalized spacial score (nSPS) is 15.0. The Morgan fingerprint density at radius 1 is 0.778 bits per heavy atom. The second-order valence-electron chi connectivity index (χ2n) is 8.21. The molecule has 1 aliphatic rings. The molecule has 1 heterocycles. The van der Waals surface area contributed by atoms with E-state index in [9.17, 15) is 9.59 Å². The highest BCUT2D eigenvalue weighted by Gasteiger charge is 2.23. The lowest BCUT2D eigenvalue weighted by Crippen LogP contribution is -2.48. The van der Waals surface area contributed by atoms with Crippen molar-refractivity contribution in [2.24, 2.45) is 0 Å². The van der Waals surface area contributed by atoms with Crippen LogP contribution in [0.25, 0.3) is 0 Å². The van der Waals surface area contributed by atoms with Crippen molar-refractivity contribution in [2.45, 2.75) is 33.1 Å². The summed E-state index contributed by atoms with van der Waals surface area (Å²) in [6, 6.07) is 15.7. The Balaban J connectivity index is 1.61. The highest BCUT2D eigenvalue weighted by atomic mass is 16.2. The molecule has 142 valence electrons. The van der Waals surface area contributed by atoms with Gasteiger partial charge in [0.15, 0.2) is 5.78 Å². The molecule has 0 saturated carbocycles. The molecule has 4 heteroatoms. The predicted molar refractivity (Wildman–Crippen MR) is 110 cm³/mol. The summed E-state index contributed by atoms with van der Waals surface area (Å²) >= 11 is 0. The Kier molecular flexibility index (Phi) is 5.36. The van der Waals surface area contributed by atoms with Gasteiger partial charge in [0, 0.05) is 43.0 Å². The second kappa shape index (κ2) is 7.55. The van der Waals surface area contributed by atoms with E-state index in [1.54, 1.807) is 6.92 Å². The lowest BCUT2D eigenvalue weighted by Gasteiger charge is -2.36. The molecule has 0 spiro atoms. The lowest BCUT2D eigenvalue weighted by atomic mass is 9.86. The SMILES string of the molecule is CC(=O)c1ccc(N2CCN(C(=O)c3ccc(C(C)(C)C)cc3)CC2)cc1. The highest BCUT2D eigenvalue weighted by Crippen LogP contribution is 2.23. The van der Waals surface area contributed by atoms with E-state index in [0.717, 1.165) is 29.9 Å². The monoisotopic (exact) mass is 364 g/mol. The zero-order valence-electron chi connectivity index (χ0n) is 16.7. The Labute approximate surface area is 161 Å². The molecule has 1 saturated heterocycles. The number of benzene rings is 2. The minimum absolute atomic E-state index is 0.0782. The van der Waals surface area contributed by atoms with E-state index < -0.39 is 0 Å². The van der Waals surface area contributed by atoms with Crippen molar-refractivity contribution >= 4 is 17.4 Å². The van der Waals surface area contributed by atoms with Crippen LogP contribution in [0.3, 0.4) is 0 Å². The van der Waals surface area contributed by atoms with Gasteiger partial charge in [-0.15, -0.1) is 0 Å². The minimum Gasteiger partial charge on any atom is -0.368 e. The number of anilines is 1. The summed E-state index contributed by atoms with van der Waals surface area (Å²) in [6.45, 7) is 11.1. The van der Waals surface area contributed by atoms with Crippen molar-refractivity contribution in [3.8, 4) is 0 Å². The van der Waals surface area contributed by atoms with Gasteiger partial charge in [-0.3, -0.25) is 9.59 Å². The van der Waals surface area contributed by atoms with Crippen LogP contribution in [0.5, 0.6) is 0 Å². The summed E-state index contributed by atoms with van der Waals surface area (Å²) in [5.74, 6) is 0.177. The predicted octanol–water partition coefficient (Wildman–Crippen LogP) is 4.15. The number of nitrogens with zero attached hydrogens (tertiary/aromatic N) is 2. The maximum absolute atomic E-state index is 12.8. The Morgan fingerprint density at radius 2 is 1.30 bits per heavy atom. The molecule has 27 heavy (non-hydrogen) atoms. The number of hydrogen-bond donors (Lipinski definition) is 0. The Morgan fingerprint density at radius 3 is 1.78 bits per heavy atom. The van der Waals surface area contributed by atoms with Crippen LogP contribution in [0.15, 0.2) is 48.5 Å². The largest absolute Gasteiger partial charge is 0.368 e. The molecule has 3 rings (SSSR count). The van der Waals surface area contributed by atoms with Gasteiger partial charge in [0.05, 0.1) is 0 Å². The molecule has 0 atom stereocenters. The standard InChI is InChI=1S/C23H28N2O2/c1-17(26)18-7-11-21(12-8-18)24-13-15-25(16-14-24)22(27)19-5-9-20(10-6-19)23(2,3)4/h5-12H,13-16H2,1-4H3. The molecule has 0 radical (unpaired) electrons. The van der Waals surface area contributed by atoms with Crippen molar-refractivity contribution in [1.82, 2.24) is 4.90 Å². The number of carbonyl (C=O) groups is 2. The van der Waals surface area contributed by atoms with Gasteiger partial charge in [0.1, 0.15) is 0 Å². The highest BCUT2D eigenvalue weighted by molar-refractivity contribution is 5.95. The van der Waals surface area contributed by atoms with Gasteiger partial charge in [-0.25, -0.2) is 0 Å². The molecular formula is C23H28N2O2. The van der Waals surface area contributed by atoms with Gasteiger partial charge < -0.3 is 9.80 Å². The first kappa shape index (κ1) is 19.2. The fraction of sp³-hybridized carbons (Fsp3) is 0.391. The smallest absolute Gasteiger partial charge is 0.253 e. The zero-order chi connectivity index (χ0) is 19.6. The molecule has 0 aliphatic carbocycles. The first-order valence-electron chi connectivity index (χ1n) is 9.51. The van der Waals surface area contributed by atoms with Crippen LogP contribution in [0.4, 0.5) is 5.69 Å². The fourth-order valence-electron chi connectivity index (χ4n) is 3.37. The van der Waals surface area contributed by atoms with Gasteiger partial charge in [0.2, 0.25) is 0 Å². The Hall–Kier alpha value is -2.62. The molecule has 1 aliphatic heterocycles. The quantitative estimate of drug-likeness (QED) is 0.768. The molecule has 0 bridgehead atoms.